The molecule has 1 amide bonds. The topological polar surface area (TPSA) is 67.4 Å². The van der Waals surface area contributed by atoms with E-state index in [1.165, 1.54) is 12.1 Å². The van der Waals surface area contributed by atoms with Gasteiger partial charge in [0.25, 0.3) is 0 Å². The summed E-state index contributed by atoms with van der Waals surface area (Å²) in [7, 11) is 0. The molecular weight excluding hydrogens is 321 g/mol. The van der Waals surface area contributed by atoms with E-state index in [1.807, 2.05) is 12.4 Å². The van der Waals surface area contributed by atoms with Crippen LogP contribution in [0.3, 0.4) is 0 Å². The van der Waals surface area contributed by atoms with Crippen LogP contribution in [-0.2, 0) is 17.9 Å². The first-order valence-electron chi connectivity index (χ1n) is 8.59. The summed E-state index contributed by atoms with van der Waals surface area (Å²) in [6.07, 6.45) is 3.82. The molecule has 2 heterocycles. The zero-order valence-corrected chi connectivity index (χ0v) is 14.4. The van der Waals surface area contributed by atoms with E-state index in [-0.39, 0.29) is 5.82 Å². The molecule has 1 aromatic heterocycles. The van der Waals surface area contributed by atoms with Crippen molar-refractivity contribution in [2.45, 2.75) is 26.1 Å². The highest BCUT2D eigenvalue weighted by atomic mass is 19.1. The normalized spacial score (nSPS) is 17.5. The highest BCUT2D eigenvalue weighted by molar-refractivity contribution is 5.81. The van der Waals surface area contributed by atoms with Gasteiger partial charge in [0.15, 0.2) is 0 Å². The van der Waals surface area contributed by atoms with Gasteiger partial charge in [-0.1, -0.05) is 12.1 Å². The van der Waals surface area contributed by atoms with Crippen LogP contribution in [-0.4, -0.2) is 51.4 Å². The number of amides is 1. The lowest BCUT2D eigenvalue weighted by molar-refractivity contribution is -0.124. The van der Waals surface area contributed by atoms with Crippen LogP contribution in [0.1, 0.15) is 24.4 Å². The molecular formula is C18H24FN5O. The number of hydrogen-bond donors (Lipinski definition) is 1. The second-order valence-corrected chi connectivity index (χ2v) is 6.30. The summed E-state index contributed by atoms with van der Waals surface area (Å²) in [5.74, 6) is 0.339. The van der Waals surface area contributed by atoms with Gasteiger partial charge in [0.05, 0.1) is 6.54 Å². The lowest BCUT2D eigenvalue weighted by Crippen LogP contribution is -2.50. The number of piperazine rings is 1. The Labute approximate surface area is 147 Å². The average Bonchev–Trinajstić information content (AvgIpc) is 3.05. The summed E-state index contributed by atoms with van der Waals surface area (Å²) >= 11 is 0. The van der Waals surface area contributed by atoms with E-state index in [0.717, 1.165) is 50.7 Å². The predicted octanol–water partition coefficient (Wildman–Crippen LogP) is 1.39. The van der Waals surface area contributed by atoms with Crippen molar-refractivity contribution in [2.24, 2.45) is 5.73 Å². The molecule has 2 N–H and O–H groups in total. The SMILES string of the molecule is CCn1ccnc1CN1CCN(C(C(N)=O)c2ccc(F)cc2)CC1. The van der Waals surface area contributed by atoms with Gasteiger partial charge in [0.1, 0.15) is 17.7 Å². The van der Waals surface area contributed by atoms with Gasteiger partial charge in [-0.2, -0.15) is 0 Å². The van der Waals surface area contributed by atoms with Gasteiger partial charge in [-0.25, -0.2) is 9.37 Å². The lowest BCUT2D eigenvalue weighted by Gasteiger charge is -2.38. The Morgan fingerprint density at radius 2 is 1.92 bits per heavy atom. The van der Waals surface area contributed by atoms with Crippen molar-refractivity contribution in [1.29, 1.82) is 0 Å². The highest BCUT2D eigenvalue weighted by Crippen LogP contribution is 2.22. The second-order valence-electron chi connectivity index (χ2n) is 6.30. The Bertz CT molecular complexity index is 707. The Hall–Kier alpha value is -2.25. The quantitative estimate of drug-likeness (QED) is 0.859. The molecule has 3 rings (SSSR count). The second kappa shape index (κ2) is 7.76. The van der Waals surface area contributed by atoms with Crippen molar-refractivity contribution in [3.05, 3.63) is 53.9 Å². The van der Waals surface area contributed by atoms with E-state index in [0.29, 0.717) is 0 Å². The third-order valence-corrected chi connectivity index (χ3v) is 4.73. The number of rotatable bonds is 6. The number of carbonyl (C=O) groups excluding carboxylic acids is 1. The van der Waals surface area contributed by atoms with Crippen molar-refractivity contribution >= 4 is 5.91 Å². The van der Waals surface area contributed by atoms with Crippen molar-refractivity contribution < 1.29 is 9.18 Å². The minimum Gasteiger partial charge on any atom is -0.368 e. The smallest absolute Gasteiger partial charge is 0.239 e. The van der Waals surface area contributed by atoms with Crippen molar-refractivity contribution in [2.75, 3.05) is 26.2 Å². The van der Waals surface area contributed by atoms with Crippen molar-refractivity contribution in [1.82, 2.24) is 19.4 Å². The maximum Gasteiger partial charge on any atom is 0.239 e. The Morgan fingerprint density at radius 1 is 1.24 bits per heavy atom. The summed E-state index contributed by atoms with van der Waals surface area (Å²) in [5.41, 5.74) is 6.36. The first-order chi connectivity index (χ1) is 12.1. The Kier molecular flexibility index (Phi) is 5.45. The number of aromatic nitrogens is 2. The molecule has 0 aliphatic carbocycles. The summed E-state index contributed by atoms with van der Waals surface area (Å²) in [6, 6.07) is 5.49. The van der Waals surface area contributed by atoms with Crippen LogP contribution in [0.2, 0.25) is 0 Å². The van der Waals surface area contributed by atoms with E-state index in [2.05, 4.69) is 26.3 Å². The molecule has 134 valence electrons. The zero-order valence-electron chi connectivity index (χ0n) is 14.4. The fourth-order valence-electron chi connectivity index (χ4n) is 3.36. The number of halogens is 1. The number of nitrogens with zero attached hydrogens (tertiary/aromatic N) is 4. The average molecular weight is 345 g/mol. The van der Waals surface area contributed by atoms with E-state index in [4.69, 9.17) is 5.73 Å². The number of hydrogen-bond acceptors (Lipinski definition) is 4. The molecule has 6 nitrogen and oxygen atoms in total. The zero-order chi connectivity index (χ0) is 17.8. The molecule has 1 unspecified atom stereocenters. The third-order valence-electron chi connectivity index (χ3n) is 4.73. The van der Waals surface area contributed by atoms with Crippen LogP contribution >= 0.6 is 0 Å². The van der Waals surface area contributed by atoms with E-state index in [1.54, 1.807) is 12.1 Å². The maximum absolute atomic E-state index is 13.1. The van der Waals surface area contributed by atoms with Gasteiger partial charge >= 0.3 is 0 Å². The van der Waals surface area contributed by atoms with Gasteiger partial charge < -0.3 is 10.3 Å². The van der Waals surface area contributed by atoms with Crippen molar-refractivity contribution in [3.8, 4) is 0 Å². The fraction of sp³-hybridized carbons (Fsp3) is 0.444. The monoisotopic (exact) mass is 345 g/mol. The summed E-state index contributed by atoms with van der Waals surface area (Å²) < 4.78 is 15.3. The molecule has 1 aromatic carbocycles. The molecule has 1 fully saturated rings. The Balaban J connectivity index is 1.63. The molecule has 25 heavy (non-hydrogen) atoms. The van der Waals surface area contributed by atoms with Crippen LogP contribution in [0.25, 0.3) is 0 Å². The fourth-order valence-corrected chi connectivity index (χ4v) is 3.36. The van der Waals surface area contributed by atoms with Gasteiger partial charge in [-0.3, -0.25) is 14.6 Å². The molecule has 1 atom stereocenters. The van der Waals surface area contributed by atoms with E-state index < -0.39 is 11.9 Å². The summed E-state index contributed by atoms with van der Waals surface area (Å²) in [6.45, 7) is 6.94. The van der Waals surface area contributed by atoms with E-state index >= 15 is 0 Å². The first-order valence-corrected chi connectivity index (χ1v) is 8.59. The summed E-state index contributed by atoms with van der Waals surface area (Å²) in [5, 5.41) is 0. The van der Waals surface area contributed by atoms with Crippen LogP contribution in [0.15, 0.2) is 36.7 Å². The van der Waals surface area contributed by atoms with Gasteiger partial charge in [0, 0.05) is 45.1 Å². The standard InChI is InChI=1S/C18H24FN5O/c1-2-23-8-7-21-16(23)13-22-9-11-24(12-10-22)17(18(20)25)14-3-5-15(19)6-4-14/h3-8,17H,2,9-13H2,1H3,(H2,20,25). The number of primary amides is 1. The molecule has 0 radical (unpaired) electrons. The summed E-state index contributed by atoms with van der Waals surface area (Å²) in [4.78, 5) is 20.8. The van der Waals surface area contributed by atoms with E-state index in [9.17, 15) is 9.18 Å². The van der Waals surface area contributed by atoms with Crippen LogP contribution in [0, 0.1) is 5.82 Å². The molecule has 1 aliphatic rings. The molecule has 7 heteroatoms. The highest BCUT2D eigenvalue weighted by Gasteiger charge is 2.29. The third kappa shape index (κ3) is 4.05. The molecule has 0 spiro atoms. The van der Waals surface area contributed by atoms with Crippen LogP contribution < -0.4 is 5.73 Å². The lowest BCUT2D eigenvalue weighted by atomic mass is 10.0. The van der Waals surface area contributed by atoms with Crippen molar-refractivity contribution in [3.63, 3.8) is 0 Å². The van der Waals surface area contributed by atoms with Gasteiger partial charge in [-0.05, 0) is 24.6 Å². The number of imidazole rings is 1. The first kappa shape index (κ1) is 17.6. The van der Waals surface area contributed by atoms with Gasteiger partial charge in [0.2, 0.25) is 5.91 Å². The molecule has 0 bridgehead atoms. The van der Waals surface area contributed by atoms with Crippen LogP contribution in [0.5, 0.6) is 0 Å². The Morgan fingerprint density at radius 3 is 2.52 bits per heavy atom. The number of aryl methyl sites for hydroxylation is 1. The minimum absolute atomic E-state index is 0.316. The van der Waals surface area contributed by atoms with Gasteiger partial charge in [-0.15, -0.1) is 0 Å². The molecule has 0 saturated carbocycles. The predicted molar refractivity (Wildman–Crippen MR) is 93.1 cm³/mol. The molecule has 1 aliphatic heterocycles. The molecule has 1 saturated heterocycles. The molecule has 2 aromatic rings. The minimum atomic E-state index is -0.514. The number of benzene rings is 1. The number of nitrogens with two attached hydrogens (primary N) is 1. The van der Waals surface area contributed by atoms with Crippen LogP contribution in [0.4, 0.5) is 4.39 Å². The maximum atomic E-state index is 13.1. The largest absolute Gasteiger partial charge is 0.368 e. The number of carbonyl (C=O) groups is 1.